The average Bonchev–Trinajstić information content (AvgIpc) is 2.86. The highest BCUT2D eigenvalue weighted by atomic mass is 19.1. The highest BCUT2D eigenvalue weighted by molar-refractivity contribution is 6.00. The van der Waals surface area contributed by atoms with E-state index in [2.05, 4.69) is 15.3 Å². The minimum Gasteiger partial charge on any atom is -0.474 e. The number of nitrogens with one attached hydrogen (secondary N) is 1. The van der Waals surface area contributed by atoms with Gasteiger partial charge in [0.1, 0.15) is 18.6 Å². The van der Waals surface area contributed by atoms with Crippen LogP contribution in [0.4, 0.5) is 10.2 Å². The zero-order valence-electron chi connectivity index (χ0n) is 15.4. The molecule has 0 saturated heterocycles. The Morgan fingerprint density at radius 1 is 1.42 bits per heavy atom. The molecule has 26 heavy (non-hydrogen) atoms. The molecule has 0 bridgehead atoms. The van der Waals surface area contributed by atoms with Crippen LogP contribution >= 0.6 is 0 Å². The Balaban J connectivity index is 1.80. The Bertz CT molecular complexity index is 825. The molecule has 138 valence electrons. The Morgan fingerprint density at radius 2 is 2.19 bits per heavy atom. The number of halogens is 1. The van der Waals surface area contributed by atoms with Gasteiger partial charge in [-0.25, -0.2) is 14.4 Å². The van der Waals surface area contributed by atoms with Crippen molar-refractivity contribution in [1.82, 2.24) is 14.9 Å². The van der Waals surface area contributed by atoms with Gasteiger partial charge in [0.15, 0.2) is 0 Å². The molecule has 0 aliphatic carbocycles. The first-order valence-corrected chi connectivity index (χ1v) is 8.62. The summed E-state index contributed by atoms with van der Waals surface area (Å²) in [5.74, 6) is 1.13. The van der Waals surface area contributed by atoms with Crippen LogP contribution in [0.5, 0.6) is 5.88 Å². The van der Waals surface area contributed by atoms with Gasteiger partial charge in [-0.15, -0.1) is 0 Å². The van der Waals surface area contributed by atoms with E-state index in [0.717, 1.165) is 22.5 Å². The molecule has 2 aromatic rings. The summed E-state index contributed by atoms with van der Waals surface area (Å²) in [5, 5.41) is 3.05. The number of fused-ring (bicyclic) bond motifs is 1. The molecule has 0 aromatic carbocycles. The van der Waals surface area contributed by atoms with Gasteiger partial charge in [-0.1, -0.05) is 0 Å². The summed E-state index contributed by atoms with van der Waals surface area (Å²) < 4.78 is 18.3. The van der Waals surface area contributed by atoms with E-state index in [4.69, 9.17) is 4.74 Å². The second-order valence-electron chi connectivity index (χ2n) is 6.54. The third kappa shape index (κ3) is 3.34. The number of anilines is 1. The van der Waals surface area contributed by atoms with Crippen LogP contribution in [0.1, 0.15) is 46.9 Å². The number of rotatable bonds is 6. The standard InChI is InChI=1S/C19H23FN4O2/c1-11-7-14(8-23-18(11)26-10-12(2)20)9-24-13(3)16-15(19(24)25)5-6-22-17(16)21-4/h5-8,12-13H,9-10H2,1-4H3,(H,21,22). The summed E-state index contributed by atoms with van der Waals surface area (Å²) in [4.78, 5) is 23.2. The van der Waals surface area contributed by atoms with E-state index < -0.39 is 6.17 Å². The molecule has 1 aliphatic heterocycles. The van der Waals surface area contributed by atoms with E-state index >= 15 is 0 Å². The lowest BCUT2D eigenvalue weighted by Crippen LogP contribution is -2.26. The first kappa shape index (κ1) is 18.1. The quantitative estimate of drug-likeness (QED) is 0.858. The second kappa shape index (κ2) is 7.27. The third-order valence-electron chi connectivity index (χ3n) is 4.49. The predicted molar refractivity (Wildman–Crippen MR) is 97.1 cm³/mol. The van der Waals surface area contributed by atoms with Crippen LogP contribution in [0, 0.1) is 6.92 Å². The van der Waals surface area contributed by atoms with Crippen molar-refractivity contribution in [3.8, 4) is 5.88 Å². The molecule has 1 aliphatic rings. The maximum atomic E-state index is 12.9. The number of carbonyl (C=O) groups is 1. The summed E-state index contributed by atoms with van der Waals surface area (Å²) in [6, 6.07) is 3.59. The minimum absolute atomic E-state index is 0.0179. The van der Waals surface area contributed by atoms with E-state index in [-0.39, 0.29) is 18.6 Å². The molecule has 1 N–H and O–H groups in total. The number of aryl methyl sites for hydroxylation is 1. The lowest BCUT2D eigenvalue weighted by molar-refractivity contribution is 0.0723. The number of ether oxygens (including phenoxy) is 1. The lowest BCUT2D eigenvalue weighted by atomic mass is 10.1. The molecule has 2 unspecified atom stereocenters. The molecule has 7 heteroatoms. The van der Waals surface area contributed by atoms with E-state index in [0.29, 0.717) is 18.0 Å². The number of pyridine rings is 2. The summed E-state index contributed by atoms with van der Waals surface area (Å²) in [5.41, 5.74) is 3.31. The number of amides is 1. The first-order chi connectivity index (χ1) is 12.4. The minimum atomic E-state index is -1.05. The molecule has 3 rings (SSSR count). The number of aromatic nitrogens is 2. The van der Waals surface area contributed by atoms with Gasteiger partial charge in [0, 0.05) is 37.1 Å². The molecule has 6 nitrogen and oxygen atoms in total. The molecule has 0 fully saturated rings. The molecular formula is C19H23FN4O2. The fraction of sp³-hybridized carbons (Fsp3) is 0.421. The van der Waals surface area contributed by atoms with Gasteiger partial charge in [-0.2, -0.15) is 0 Å². The summed E-state index contributed by atoms with van der Waals surface area (Å²) >= 11 is 0. The SMILES string of the molecule is CNc1nccc2c1C(C)N(Cc1cnc(OCC(C)F)c(C)c1)C2=O. The fourth-order valence-corrected chi connectivity index (χ4v) is 3.23. The molecular weight excluding hydrogens is 335 g/mol. The lowest BCUT2D eigenvalue weighted by Gasteiger charge is -2.23. The topological polar surface area (TPSA) is 67.3 Å². The highest BCUT2D eigenvalue weighted by Crippen LogP contribution is 2.38. The van der Waals surface area contributed by atoms with E-state index in [1.54, 1.807) is 30.4 Å². The largest absolute Gasteiger partial charge is 0.474 e. The molecule has 3 heterocycles. The molecule has 0 spiro atoms. The Morgan fingerprint density at radius 3 is 2.85 bits per heavy atom. The van der Waals surface area contributed by atoms with Crippen molar-refractivity contribution >= 4 is 11.7 Å². The monoisotopic (exact) mass is 358 g/mol. The van der Waals surface area contributed by atoms with Gasteiger partial charge in [0.05, 0.1) is 11.6 Å². The smallest absolute Gasteiger partial charge is 0.255 e. The van der Waals surface area contributed by atoms with Crippen molar-refractivity contribution in [2.45, 2.75) is 39.5 Å². The number of nitrogens with zero attached hydrogens (tertiary/aromatic N) is 3. The van der Waals surface area contributed by atoms with Gasteiger partial charge in [0.2, 0.25) is 5.88 Å². The average molecular weight is 358 g/mol. The Kier molecular flexibility index (Phi) is 5.06. The van der Waals surface area contributed by atoms with Gasteiger partial charge < -0.3 is 15.0 Å². The van der Waals surface area contributed by atoms with Crippen molar-refractivity contribution in [3.63, 3.8) is 0 Å². The van der Waals surface area contributed by atoms with Crippen LogP contribution < -0.4 is 10.1 Å². The normalized spacial score (nSPS) is 17.2. The van der Waals surface area contributed by atoms with E-state index in [9.17, 15) is 9.18 Å². The van der Waals surface area contributed by atoms with Crippen LogP contribution in [0.15, 0.2) is 24.5 Å². The summed E-state index contributed by atoms with van der Waals surface area (Å²) in [7, 11) is 1.80. The molecule has 2 atom stereocenters. The van der Waals surface area contributed by atoms with Gasteiger partial charge in [0.25, 0.3) is 5.91 Å². The Labute approximate surface area is 152 Å². The van der Waals surface area contributed by atoms with Crippen molar-refractivity contribution < 1.29 is 13.9 Å². The van der Waals surface area contributed by atoms with Gasteiger partial charge in [-0.05, 0) is 38.5 Å². The van der Waals surface area contributed by atoms with Crippen LogP contribution in [0.25, 0.3) is 0 Å². The number of alkyl halides is 1. The maximum Gasteiger partial charge on any atom is 0.255 e. The van der Waals surface area contributed by atoms with Crippen LogP contribution in [0.3, 0.4) is 0 Å². The fourth-order valence-electron chi connectivity index (χ4n) is 3.23. The zero-order valence-corrected chi connectivity index (χ0v) is 15.4. The van der Waals surface area contributed by atoms with Crippen LogP contribution in [-0.2, 0) is 6.54 Å². The maximum absolute atomic E-state index is 12.9. The second-order valence-corrected chi connectivity index (χ2v) is 6.54. The number of hydrogen-bond acceptors (Lipinski definition) is 5. The third-order valence-corrected chi connectivity index (χ3v) is 4.49. The first-order valence-electron chi connectivity index (χ1n) is 8.62. The zero-order chi connectivity index (χ0) is 18.8. The van der Waals surface area contributed by atoms with Crippen molar-refractivity contribution in [2.24, 2.45) is 0 Å². The molecule has 1 amide bonds. The van der Waals surface area contributed by atoms with Crippen molar-refractivity contribution in [1.29, 1.82) is 0 Å². The number of hydrogen-bond donors (Lipinski definition) is 1. The molecule has 0 radical (unpaired) electrons. The summed E-state index contributed by atoms with van der Waals surface area (Å²) in [6.07, 6.45) is 2.26. The van der Waals surface area contributed by atoms with Gasteiger partial charge in [-0.3, -0.25) is 4.79 Å². The molecule has 2 aromatic heterocycles. The predicted octanol–water partition coefficient (Wildman–Crippen LogP) is 3.28. The van der Waals surface area contributed by atoms with Crippen LogP contribution in [0.2, 0.25) is 0 Å². The summed E-state index contributed by atoms with van der Waals surface area (Å²) in [6.45, 7) is 5.71. The molecule has 0 saturated carbocycles. The van der Waals surface area contributed by atoms with E-state index in [1.165, 1.54) is 6.92 Å². The van der Waals surface area contributed by atoms with Crippen molar-refractivity contribution in [2.75, 3.05) is 19.0 Å². The van der Waals surface area contributed by atoms with Crippen molar-refractivity contribution in [3.05, 3.63) is 46.8 Å². The van der Waals surface area contributed by atoms with E-state index in [1.807, 2.05) is 19.9 Å². The van der Waals surface area contributed by atoms with Crippen LogP contribution in [-0.4, -0.2) is 40.6 Å². The highest BCUT2D eigenvalue weighted by Gasteiger charge is 2.36. The Hall–Kier alpha value is -2.70. The van der Waals surface area contributed by atoms with Gasteiger partial charge >= 0.3 is 0 Å². The number of carbonyl (C=O) groups excluding carboxylic acids is 1.